The lowest BCUT2D eigenvalue weighted by Gasteiger charge is -2.20. The van der Waals surface area contributed by atoms with E-state index in [1.807, 2.05) is 11.5 Å². The molecule has 1 aromatic rings. The summed E-state index contributed by atoms with van der Waals surface area (Å²) < 4.78 is 2.04. The van der Waals surface area contributed by atoms with Crippen LogP contribution in [0.15, 0.2) is 6.33 Å². The molecule has 1 atom stereocenters. The zero-order chi connectivity index (χ0) is 10.1. The lowest BCUT2D eigenvalue weighted by Crippen LogP contribution is -2.42. The molecule has 0 bridgehead atoms. The fourth-order valence-corrected chi connectivity index (χ4v) is 1.76. The SMILES string of the molecule is CCn1cnc2c1CNC(C(=O)O)C2. The largest absolute Gasteiger partial charge is 0.480 e. The standard InChI is InChI=1S/C9H13N3O2/c1-2-12-5-11-6-3-7(9(13)14)10-4-8(6)12/h5,7,10H,2-4H2,1H3,(H,13,14). The first-order valence-electron chi connectivity index (χ1n) is 4.71. The third-order valence-corrected chi connectivity index (χ3v) is 2.58. The molecule has 76 valence electrons. The Morgan fingerprint density at radius 2 is 2.64 bits per heavy atom. The van der Waals surface area contributed by atoms with E-state index in [1.165, 1.54) is 0 Å². The van der Waals surface area contributed by atoms with Crippen molar-refractivity contribution in [3.63, 3.8) is 0 Å². The van der Waals surface area contributed by atoms with Crippen molar-refractivity contribution in [1.82, 2.24) is 14.9 Å². The van der Waals surface area contributed by atoms with Crippen LogP contribution in [0.4, 0.5) is 0 Å². The number of carboxylic acids is 1. The lowest BCUT2D eigenvalue weighted by atomic mass is 10.1. The molecule has 1 aliphatic heterocycles. The maximum Gasteiger partial charge on any atom is 0.321 e. The fourth-order valence-electron chi connectivity index (χ4n) is 1.76. The third-order valence-electron chi connectivity index (χ3n) is 2.58. The molecular formula is C9H13N3O2. The number of carboxylic acid groups (broad SMARTS) is 1. The zero-order valence-corrected chi connectivity index (χ0v) is 8.03. The van der Waals surface area contributed by atoms with Gasteiger partial charge in [-0.3, -0.25) is 10.1 Å². The van der Waals surface area contributed by atoms with E-state index in [0.29, 0.717) is 13.0 Å². The summed E-state index contributed by atoms with van der Waals surface area (Å²) in [5.41, 5.74) is 2.03. The Bertz CT molecular complexity index is 359. The summed E-state index contributed by atoms with van der Waals surface area (Å²) >= 11 is 0. The molecule has 0 spiro atoms. The molecule has 5 nitrogen and oxygen atoms in total. The molecule has 0 fully saturated rings. The molecule has 5 heteroatoms. The van der Waals surface area contributed by atoms with Gasteiger partial charge < -0.3 is 9.67 Å². The second kappa shape index (κ2) is 3.42. The highest BCUT2D eigenvalue weighted by Crippen LogP contribution is 2.15. The highest BCUT2D eigenvalue weighted by molar-refractivity contribution is 5.74. The molecule has 2 N–H and O–H groups in total. The van der Waals surface area contributed by atoms with Crippen molar-refractivity contribution in [2.24, 2.45) is 0 Å². The summed E-state index contributed by atoms with van der Waals surface area (Å²) in [6.07, 6.45) is 2.26. The molecular weight excluding hydrogens is 182 g/mol. The second-order valence-electron chi connectivity index (χ2n) is 3.40. The van der Waals surface area contributed by atoms with Gasteiger partial charge in [0.1, 0.15) is 6.04 Å². The number of aromatic nitrogens is 2. The summed E-state index contributed by atoms with van der Waals surface area (Å²) in [4.78, 5) is 15.0. The minimum atomic E-state index is -0.804. The second-order valence-corrected chi connectivity index (χ2v) is 3.40. The Morgan fingerprint density at radius 3 is 3.29 bits per heavy atom. The van der Waals surface area contributed by atoms with Crippen LogP contribution in [0.1, 0.15) is 18.3 Å². The predicted octanol–water partition coefficient (Wildman–Crippen LogP) is 0.00190. The van der Waals surface area contributed by atoms with E-state index in [0.717, 1.165) is 17.9 Å². The molecule has 2 rings (SSSR count). The van der Waals surface area contributed by atoms with Crippen LogP contribution in [-0.2, 0) is 24.3 Å². The molecule has 2 heterocycles. The first-order valence-corrected chi connectivity index (χ1v) is 4.71. The fraction of sp³-hybridized carbons (Fsp3) is 0.556. The van der Waals surface area contributed by atoms with Crippen molar-refractivity contribution in [2.75, 3.05) is 0 Å². The molecule has 1 unspecified atom stereocenters. The normalized spacial score (nSPS) is 20.5. The smallest absolute Gasteiger partial charge is 0.321 e. The van der Waals surface area contributed by atoms with Crippen molar-refractivity contribution < 1.29 is 9.90 Å². The summed E-state index contributed by atoms with van der Waals surface area (Å²) in [6, 6.07) is -0.484. The van der Waals surface area contributed by atoms with E-state index >= 15 is 0 Å². The summed E-state index contributed by atoms with van der Waals surface area (Å²) in [5, 5.41) is 11.8. The highest BCUT2D eigenvalue weighted by atomic mass is 16.4. The van der Waals surface area contributed by atoms with Gasteiger partial charge >= 0.3 is 5.97 Å². The van der Waals surface area contributed by atoms with Crippen LogP contribution in [0.3, 0.4) is 0 Å². The van der Waals surface area contributed by atoms with Crippen molar-refractivity contribution in [2.45, 2.75) is 32.5 Å². The number of nitrogens with zero attached hydrogens (tertiary/aromatic N) is 2. The van der Waals surface area contributed by atoms with Gasteiger partial charge in [-0.05, 0) is 6.92 Å². The molecule has 0 aromatic carbocycles. The van der Waals surface area contributed by atoms with Crippen LogP contribution in [0.2, 0.25) is 0 Å². The van der Waals surface area contributed by atoms with Gasteiger partial charge in [-0.1, -0.05) is 0 Å². The van der Waals surface area contributed by atoms with Crippen molar-refractivity contribution >= 4 is 5.97 Å². The molecule has 0 radical (unpaired) electrons. The Labute approximate surface area is 81.8 Å². The average molecular weight is 195 g/mol. The Morgan fingerprint density at radius 1 is 1.86 bits per heavy atom. The maximum absolute atomic E-state index is 10.7. The first kappa shape index (κ1) is 9.21. The third kappa shape index (κ3) is 1.39. The van der Waals surface area contributed by atoms with E-state index in [-0.39, 0.29) is 0 Å². The molecule has 0 saturated carbocycles. The van der Waals surface area contributed by atoms with E-state index in [2.05, 4.69) is 10.3 Å². The van der Waals surface area contributed by atoms with E-state index in [9.17, 15) is 4.79 Å². The van der Waals surface area contributed by atoms with Crippen LogP contribution in [0.5, 0.6) is 0 Å². The number of hydrogen-bond acceptors (Lipinski definition) is 3. The van der Waals surface area contributed by atoms with Gasteiger partial charge in [0.25, 0.3) is 0 Å². The van der Waals surface area contributed by atoms with Gasteiger partial charge in [0.15, 0.2) is 0 Å². The van der Waals surface area contributed by atoms with Crippen molar-refractivity contribution in [3.8, 4) is 0 Å². The molecule has 1 aliphatic rings. The number of aliphatic carboxylic acids is 1. The predicted molar refractivity (Wildman–Crippen MR) is 49.9 cm³/mol. The molecule has 14 heavy (non-hydrogen) atoms. The van der Waals surface area contributed by atoms with Gasteiger partial charge in [0.2, 0.25) is 0 Å². The maximum atomic E-state index is 10.7. The molecule has 1 aromatic heterocycles. The molecule has 0 amide bonds. The van der Waals surface area contributed by atoms with Crippen LogP contribution in [-0.4, -0.2) is 26.7 Å². The minimum absolute atomic E-state index is 0.484. The lowest BCUT2D eigenvalue weighted by molar-refractivity contribution is -0.139. The van der Waals surface area contributed by atoms with E-state index in [1.54, 1.807) is 6.33 Å². The monoisotopic (exact) mass is 195 g/mol. The number of nitrogens with one attached hydrogen (secondary N) is 1. The van der Waals surface area contributed by atoms with Crippen LogP contribution in [0.25, 0.3) is 0 Å². The van der Waals surface area contributed by atoms with Gasteiger partial charge in [-0.15, -0.1) is 0 Å². The minimum Gasteiger partial charge on any atom is -0.480 e. The Hall–Kier alpha value is -1.36. The summed E-state index contributed by atoms with van der Waals surface area (Å²) in [6.45, 7) is 3.52. The number of aryl methyl sites for hydroxylation is 1. The van der Waals surface area contributed by atoms with Gasteiger partial charge in [-0.25, -0.2) is 4.98 Å². The Balaban J connectivity index is 2.24. The Kier molecular flexibility index (Phi) is 2.25. The van der Waals surface area contributed by atoms with Crippen LogP contribution in [0, 0.1) is 0 Å². The topological polar surface area (TPSA) is 67.2 Å². The van der Waals surface area contributed by atoms with Crippen molar-refractivity contribution in [3.05, 3.63) is 17.7 Å². The number of rotatable bonds is 2. The summed E-state index contributed by atoms with van der Waals surface area (Å²) in [5.74, 6) is -0.804. The van der Waals surface area contributed by atoms with Crippen LogP contribution >= 0.6 is 0 Å². The van der Waals surface area contributed by atoms with Gasteiger partial charge in [0.05, 0.1) is 17.7 Å². The van der Waals surface area contributed by atoms with Crippen LogP contribution < -0.4 is 5.32 Å². The zero-order valence-electron chi connectivity index (χ0n) is 8.03. The van der Waals surface area contributed by atoms with E-state index in [4.69, 9.17) is 5.11 Å². The molecule has 0 aliphatic carbocycles. The first-order chi connectivity index (χ1) is 6.72. The number of fused-ring (bicyclic) bond motifs is 1. The highest BCUT2D eigenvalue weighted by Gasteiger charge is 2.26. The molecule has 0 saturated heterocycles. The number of imidazole rings is 1. The summed E-state index contributed by atoms with van der Waals surface area (Å²) in [7, 11) is 0. The quantitative estimate of drug-likeness (QED) is 0.697. The average Bonchev–Trinajstić information content (AvgIpc) is 2.59. The van der Waals surface area contributed by atoms with Crippen molar-refractivity contribution in [1.29, 1.82) is 0 Å². The van der Waals surface area contributed by atoms with Gasteiger partial charge in [0, 0.05) is 19.5 Å². The number of carbonyl (C=O) groups is 1. The number of hydrogen-bond donors (Lipinski definition) is 2. The van der Waals surface area contributed by atoms with E-state index < -0.39 is 12.0 Å². The van der Waals surface area contributed by atoms with Gasteiger partial charge in [-0.2, -0.15) is 0 Å².